The van der Waals surface area contributed by atoms with Crippen LogP contribution >= 0.6 is 12.4 Å². The van der Waals surface area contributed by atoms with E-state index in [-0.39, 0.29) is 29.8 Å². The number of nitrogens with zero attached hydrogens (tertiary/aromatic N) is 1. The van der Waals surface area contributed by atoms with Crippen molar-refractivity contribution in [2.24, 2.45) is 11.1 Å². The van der Waals surface area contributed by atoms with Gasteiger partial charge in [-0.15, -0.1) is 12.4 Å². The van der Waals surface area contributed by atoms with E-state index in [1.165, 1.54) is 23.1 Å². The second-order valence-corrected chi connectivity index (χ2v) is 6.63. The first kappa shape index (κ1) is 18.4. The van der Waals surface area contributed by atoms with Crippen molar-refractivity contribution in [2.75, 3.05) is 13.1 Å². The van der Waals surface area contributed by atoms with Crippen molar-refractivity contribution in [2.45, 2.75) is 18.2 Å². The zero-order valence-corrected chi connectivity index (χ0v) is 13.5. The summed E-state index contributed by atoms with van der Waals surface area (Å²) < 4.78 is 22.7. The number of likely N-dealkylation sites (tertiary alicyclic amines) is 1. The number of carbonyl (C=O) groups excluding carboxylic acids is 1. The minimum atomic E-state index is -3.82. The van der Waals surface area contributed by atoms with Gasteiger partial charge in [-0.1, -0.05) is 0 Å². The largest absolute Gasteiger partial charge is 0.481 e. The fourth-order valence-corrected chi connectivity index (χ4v) is 3.20. The molecule has 0 radical (unpaired) electrons. The van der Waals surface area contributed by atoms with Crippen LogP contribution in [0.4, 0.5) is 0 Å². The summed E-state index contributed by atoms with van der Waals surface area (Å²) in [6, 6.07) is 4.14. The zero-order valence-electron chi connectivity index (χ0n) is 11.9. The molecule has 3 N–H and O–H groups in total. The minimum Gasteiger partial charge on any atom is -0.481 e. The van der Waals surface area contributed by atoms with E-state index in [0.29, 0.717) is 24.1 Å². The van der Waals surface area contributed by atoms with Crippen LogP contribution < -0.4 is 5.14 Å². The second-order valence-electron chi connectivity index (χ2n) is 5.10. The van der Waals surface area contributed by atoms with Crippen LogP contribution in [0.2, 0.25) is 0 Å². The molecule has 9 heteroatoms. The standard InChI is InChI=1S/C13H16N2O5S.ClH/c1-8-6-9(2-3-11(8)21(14,19)20)12(16)15-5-4-10(7-15)13(17)18;/h2-3,6,10H,4-5,7H2,1H3,(H,17,18)(H2,14,19,20);1H. The molecule has 1 fully saturated rings. The Morgan fingerprint density at radius 1 is 1.36 bits per heavy atom. The van der Waals surface area contributed by atoms with Crippen molar-refractivity contribution in [1.29, 1.82) is 0 Å². The fraction of sp³-hybridized carbons (Fsp3) is 0.385. The first-order chi connectivity index (χ1) is 9.70. The van der Waals surface area contributed by atoms with Gasteiger partial charge >= 0.3 is 5.97 Å². The van der Waals surface area contributed by atoms with Crippen molar-refractivity contribution in [3.8, 4) is 0 Å². The summed E-state index contributed by atoms with van der Waals surface area (Å²) in [4.78, 5) is 24.6. The molecule has 1 aromatic rings. The predicted octanol–water partition coefficient (Wildman–Crippen LogP) is 0.611. The lowest BCUT2D eigenvalue weighted by atomic mass is 10.1. The highest BCUT2D eigenvalue weighted by Crippen LogP contribution is 2.21. The van der Waals surface area contributed by atoms with Gasteiger partial charge < -0.3 is 10.0 Å². The minimum absolute atomic E-state index is 0. The number of aliphatic carboxylic acids is 1. The van der Waals surface area contributed by atoms with Crippen LogP contribution in [0.1, 0.15) is 22.3 Å². The smallest absolute Gasteiger partial charge is 0.308 e. The molecular weight excluding hydrogens is 332 g/mol. The van der Waals surface area contributed by atoms with E-state index in [4.69, 9.17) is 10.2 Å². The number of halogens is 1. The molecule has 122 valence electrons. The second kappa shape index (κ2) is 6.64. The molecule has 7 nitrogen and oxygen atoms in total. The number of primary sulfonamides is 1. The van der Waals surface area contributed by atoms with Gasteiger partial charge in [0.05, 0.1) is 10.8 Å². The van der Waals surface area contributed by atoms with Crippen LogP contribution in [0.3, 0.4) is 0 Å². The average molecular weight is 349 g/mol. The lowest BCUT2D eigenvalue weighted by Crippen LogP contribution is -2.30. The van der Waals surface area contributed by atoms with Crippen LogP contribution in [0, 0.1) is 12.8 Å². The van der Waals surface area contributed by atoms with Crippen LogP contribution in [0.5, 0.6) is 0 Å². The monoisotopic (exact) mass is 348 g/mol. The van der Waals surface area contributed by atoms with Crippen LogP contribution in [-0.4, -0.2) is 43.4 Å². The first-order valence-corrected chi connectivity index (χ1v) is 7.90. The van der Waals surface area contributed by atoms with Crippen molar-refractivity contribution in [1.82, 2.24) is 4.90 Å². The molecule has 0 aromatic heterocycles. The van der Waals surface area contributed by atoms with Crippen LogP contribution in [-0.2, 0) is 14.8 Å². The number of hydrogen-bond acceptors (Lipinski definition) is 4. The Balaban J connectivity index is 0.00000242. The maximum Gasteiger partial charge on any atom is 0.308 e. The Morgan fingerprint density at radius 3 is 2.45 bits per heavy atom. The Labute approximate surface area is 134 Å². The van der Waals surface area contributed by atoms with Crippen molar-refractivity contribution < 1.29 is 23.1 Å². The SMILES string of the molecule is Cc1cc(C(=O)N2CCC(C(=O)O)C2)ccc1S(N)(=O)=O.Cl. The molecule has 0 spiro atoms. The molecule has 1 aliphatic heterocycles. The third-order valence-corrected chi connectivity index (χ3v) is 4.62. The molecule has 1 aromatic carbocycles. The highest BCUT2D eigenvalue weighted by Gasteiger charge is 2.31. The third kappa shape index (κ3) is 3.76. The Morgan fingerprint density at radius 2 is 2.00 bits per heavy atom. The van der Waals surface area contributed by atoms with E-state index in [2.05, 4.69) is 0 Å². The number of nitrogens with two attached hydrogens (primary N) is 1. The molecule has 22 heavy (non-hydrogen) atoms. The van der Waals surface area contributed by atoms with Gasteiger partial charge in [0.15, 0.2) is 0 Å². The molecular formula is C13H17ClN2O5S. The molecule has 1 atom stereocenters. The number of carboxylic acids is 1. The van der Waals surface area contributed by atoms with Gasteiger partial charge in [0.2, 0.25) is 10.0 Å². The number of carboxylic acid groups (broad SMARTS) is 1. The fourth-order valence-electron chi connectivity index (χ4n) is 2.43. The molecule has 1 saturated heterocycles. The maximum atomic E-state index is 12.3. The molecule has 0 bridgehead atoms. The Kier molecular flexibility index (Phi) is 5.55. The van der Waals surface area contributed by atoms with Crippen LogP contribution in [0.25, 0.3) is 0 Å². The van der Waals surface area contributed by atoms with Gasteiger partial charge in [0.25, 0.3) is 5.91 Å². The molecule has 1 amide bonds. The summed E-state index contributed by atoms with van der Waals surface area (Å²) in [5, 5.41) is 14.0. The summed E-state index contributed by atoms with van der Waals surface area (Å²) in [6.07, 6.45) is 0.426. The quantitative estimate of drug-likeness (QED) is 0.829. The van der Waals surface area contributed by atoms with Gasteiger partial charge in [-0.2, -0.15) is 0 Å². The molecule has 0 aliphatic carbocycles. The predicted molar refractivity (Wildman–Crippen MR) is 81.4 cm³/mol. The summed E-state index contributed by atoms with van der Waals surface area (Å²) >= 11 is 0. The van der Waals surface area contributed by atoms with Gasteiger partial charge in [-0.05, 0) is 37.1 Å². The summed E-state index contributed by atoms with van der Waals surface area (Å²) in [5.41, 5.74) is 0.711. The summed E-state index contributed by atoms with van der Waals surface area (Å²) in [7, 11) is -3.82. The topological polar surface area (TPSA) is 118 Å². The molecule has 1 aliphatic rings. The maximum absolute atomic E-state index is 12.3. The molecule has 2 rings (SSSR count). The number of aryl methyl sites for hydroxylation is 1. The first-order valence-electron chi connectivity index (χ1n) is 6.35. The lowest BCUT2D eigenvalue weighted by molar-refractivity contribution is -0.141. The zero-order chi connectivity index (χ0) is 15.8. The van der Waals surface area contributed by atoms with Crippen molar-refractivity contribution in [3.05, 3.63) is 29.3 Å². The number of rotatable bonds is 3. The van der Waals surface area contributed by atoms with E-state index >= 15 is 0 Å². The average Bonchev–Trinajstić information content (AvgIpc) is 2.85. The van der Waals surface area contributed by atoms with Crippen molar-refractivity contribution in [3.63, 3.8) is 0 Å². The van der Waals surface area contributed by atoms with Gasteiger partial charge in [-0.3, -0.25) is 9.59 Å². The van der Waals surface area contributed by atoms with Crippen molar-refractivity contribution >= 4 is 34.3 Å². The molecule has 0 saturated carbocycles. The van der Waals surface area contributed by atoms with E-state index in [0.717, 1.165) is 0 Å². The van der Waals surface area contributed by atoms with E-state index < -0.39 is 21.9 Å². The molecule has 1 unspecified atom stereocenters. The number of benzene rings is 1. The van der Waals surface area contributed by atoms with E-state index in [1.54, 1.807) is 6.92 Å². The lowest BCUT2D eigenvalue weighted by Gasteiger charge is -2.16. The number of amides is 1. The Bertz CT molecular complexity index is 704. The highest BCUT2D eigenvalue weighted by atomic mass is 35.5. The third-order valence-electron chi connectivity index (χ3n) is 3.55. The molecule has 1 heterocycles. The normalized spacial score (nSPS) is 17.9. The summed E-state index contributed by atoms with van der Waals surface area (Å²) in [5.74, 6) is -1.76. The van der Waals surface area contributed by atoms with Gasteiger partial charge in [0, 0.05) is 18.7 Å². The number of sulfonamides is 1. The number of carbonyl (C=O) groups is 2. The van der Waals surface area contributed by atoms with Gasteiger partial charge in [-0.25, -0.2) is 13.6 Å². The van der Waals surface area contributed by atoms with E-state index in [1.807, 2.05) is 0 Å². The highest BCUT2D eigenvalue weighted by molar-refractivity contribution is 7.89. The van der Waals surface area contributed by atoms with Gasteiger partial charge in [0.1, 0.15) is 0 Å². The number of hydrogen-bond donors (Lipinski definition) is 2. The Hall–Kier alpha value is -1.64. The van der Waals surface area contributed by atoms with E-state index in [9.17, 15) is 18.0 Å². The summed E-state index contributed by atoms with van der Waals surface area (Å²) in [6.45, 7) is 2.11. The van der Waals surface area contributed by atoms with Crippen LogP contribution in [0.15, 0.2) is 23.1 Å².